The molecular weight excluding hydrogens is 304 g/mol. The zero-order valence-electron chi connectivity index (χ0n) is 11.5. The third kappa shape index (κ3) is 3.30. The van der Waals surface area contributed by atoms with E-state index in [1.54, 1.807) is 0 Å². The molecule has 0 spiro atoms. The molecule has 2 rings (SSSR count). The number of hydrogen-bond donors (Lipinski definition) is 2. The van der Waals surface area contributed by atoms with Gasteiger partial charge in [0.05, 0.1) is 11.0 Å². The van der Waals surface area contributed by atoms with E-state index >= 15 is 0 Å². The van der Waals surface area contributed by atoms with Crippen molar-refractivity contribution < 1.29 is 0 Å². The van der Waals surface area contributed by atoms with Gasteiger partial charge in [-0.15, -0.1) is 0 Å². The van der Waals surface area contributed by atoms with Gasteiger partial charge in [0.2, 0.25) is 0 Å². The summed E-state index contributed by atoms with van der Waals surface area (Å²) in [6.07, 6.45) is 4.91. The molecule has 19 heavy (non-hydrogen) atoms. The van der Waals surface area contributed by atoms with Crippen molar-refractivity contribution in [2.75, 3.05) is 0 Å². The molecule has 0 bridgehead atoms. The Morgan fingerprint density at radius 1 is 1.21 bits per heavy atom. The molecule has 4 heteroatoms. The zero-order valence-corrected chi connectivity index (χ0v) is 13.1. The van der Waals surface area contributed by atoms with Crippen LogP contribution in [0.15, 0.2) is 23.0 Å². The fourth-order valence-corrected chi connectivity index (χ4v) is 3.44. The molecule has 104 valence electrons. The number of alkyl halides is 1. The molecule has 0 saturated carbocycles. The van der Waals surface area contributed by atoms with Gasteiger partial charge < -0.3 is 9.97 Å². The quantitative estimate of drug-likeness (QED) is 0.754. The average molecular weight is 325 g/mol. The van der Waals surface area contributed by atoms with Crippen molar-refractivity contribution in [1.29, 1.82) is 0 Å². The molecule has 0 saturated heterocycles. The second-order valence-corrected chi connectivity index (χ2v) is 6.08. The van der Waals surface area contributed by atoms with Gasteiger partial charge in [0.25, 0.3) is 0 Å². The van der Waals surface area contributed by atoms with E-state index in [-0.39, 0.29) is 5.69 Å². The van der Waals surface area contributed by atoms with E-state index in [4.69, 9.17) is 0 Å². The van der Waals surface area contributed by atoms with Gasteiger partial charge in [0.1, 0.15) is 0 Å². The highest BCUT2D eigenvalue weighted by molar-refractivity contribution is 9.09. The van der Waals surface area contributed by atoms with Crippen LogP contribution in [0.4, 0.5) is 0 Å². The Morgan fingerprint density at radius 2 is 1.95 bits per heavy atom. The number of benzene rings is 1. The van der Waals surface area contributed by atoms with Gasteiger partial charge in [0.15, 0.2) is 0 Å². The van der Waals surface area contributed by atoms with Gasteiger partial charge in [-0.3, -0.25) is 0 Å². The molecule has 2 unspecified atom stereocenters. The van der Waals surface area contributed by atoms with Crippen LogP contribution in [0.1, 0.15) is 49.9 Å². The second kappa shape index (κ2) is 6.42. The van der Waals surface area contributed by atoms with Gasteiger partial charge in [-0.2, -0.15) is 0 Å². The molecule has 0 aliphatic carbocycles. The number of hydrogen-bond acceptors (Lipinski definition) is 1. The molecule has 0 aliphatic heterocycles. The summed E-state index contributed by atoms with van der Waals surface area (Å²) >= 11 is 3.83. The summed E-state index contributed by atoms with van der Waals surface area (Å²) in [5.41, 5.74) is 2.86. The molecule has 1 aromatic carbocycles. The van der Waals surface area contributed by atoms with Crippen LogP contribution in [-0.4, -0.2) is 9.97 Å². The minimum atomic E-state index is -0.142. The highest BCUT2D eigenvalue weighted by Crippen LogP contribution is 2.36. The molecule has 2 atom stereocenters. The van der Waals surface area contributed by atoms with Crippen molar-refractivity contribution in [1.82, 2.24) is 9.97 Å². The number of H-pyrrole nitrogens is 2. The van der Waals surface area contributed by atoms with E-state index in [0.29, 0.717) is 10.7 Å². The smallest absolute Gasteiger partial charge is 0.306 e. The van der Waals surface area contributed by atoms with Crippen molar-refractivity contribution in [2.24, 2.45) is 5.92 Å². The Bertz CT molecular complexity index is 587. The zero-order chi connectivity index (χ0) is 13.8. The van der Waals surface area contributed by atoms with Crippen LogP contribution in [0.5, 0.6) is 0 Å². The van der Waals surface area contributed by atoms with Crippen molar-refractivity contribution in [2.45, 2.75) is 44.4 Å². The normalized spacial score (nSPS) is 14.7. The minimum Gasteiger partial charge on any atom is -0.306 e. The van der Waals surface area contributed by atoms with E-state index < -0.39 is 0 Å². The van der Waals surface area contributed by atoms with Gasteiger partial charge in [-0.25, -0.2) is 4.79 Å². The van der Waals surface area contributed by atoms with E-state index in [9.17, 15) is 4.79 Å². The van der Waals surface area contributed by atoms with Gasteiger partial charge in [0, 0.05) is 4.83 Å². The van der Waals surface area contributed by atoms with Crippen LogP contribution >= 0.6 is 15.9 Å². The predicted molar refractivity (Wildman–Crippen MR) is 83.9 cm³/mol. The summed E-state index contributed by atoms with van der Waals surface area (Å²) in [5.74, 6) is 0.642. The third-order valence-electron chi connectivity index (χ3n) is 3.73. The first-order valence-electron chi connectivity index (χ1n) is 7.01. The van der Waals surface area contributed by atoms with Crippen LogP contribution in [0.3, 0.4) is 0 Å². The fraction of sp³-hybridized carbons (Fsp3) is 0.533. The molecule has 3 nitrogen and oxygen atoms in total. The molecule has 0 amide bonds. The molecule has 0 radical (unpaired) electrons. The number of rotatable bonds is 6. The van der Waals surface area contributed by atoms with E-state index in [1.165, 1.54) is 24.8 Å². The maximum atomic E-state index is 11.3. The first kappa shape index (κ1) is 14.4. The van der Waals surface area contributed by atoms with Crippen LogP contribution in [0.2, 0.25) is 0 Å². The topological polar surface area (TPSA) is 48.6 Å². The van der Waals surface area contributed by atoms with Crippen molar-refractivity contribution in [3.63, 3.8) is 0 Å². The number of fused-ring (bicyclic) bond motifs is 1. The van der Waals surface area contributed by atoms with E-state index in [2.05, 4.69) is 51.9 Å². The lowest BCUT2D eigenvalue weighted by molar-refractivity contribution is 0.446. The molecule has 1 aromatic heterocycles. The molecule has 2 aromatic rings. The summed E-state index contributed by atoms with van der Waals surface area (Å²) in [6, 6.07) is 6.14. The predicted octanol–water partition coefficient (Wildman–Crippen LogP) is 4.51. The van der Waals surface area contributed by atoms with Crippen LogP contribution in [0.25, 0.3) is 11.0 Å². The van der Waals surface area contributed by atoms with Crippen molar-refractivity contribution in [3.05, 3.63) is 34.2 Å². The number of aromatic nitrogens is 2. The Hall–Kier alpha value is -1.03. The largest absolute Gasteiger partial charge is 0.323 e. The highest BCUT2D eigenvalue weighted by Gasteiger charge is 2.19. The van der Waals surface area contributed by atoms with E-state index in [0.717, 1.165) is 17.5 Å². The second-order valence-electron chi connectivity index (χ2n) is 5.10. The summed E-state index contributed by atoms with van der Waals surface area (Å²) in [7, 11) is 0. The molecule has 0 aliphatic rings. The average Bonchev–Trinajstić information content (AvgIpc) is 2.78. The summed E-state index contributed by atoms with van der Waals surface area (Å²) in [5, 5.41) is 0. The maximum Gasteiger partial charge on any atom is 0.323 e. The van der Waals surface area contributed by atoms with Gasteiger partial charge in [-0.1, -0.05) is 55.1 Å². The summed E-state index contributed by atoms with van der Waals surface area (Å²) in [6.45, 7) is 4.47. The number of aromatic amines is 2. The molecule has 2 N–H and O–H groups in total. The van der Waals surface area contributed by atoms with Crippen molar-refractivity contribution >= 4 is 27.0 Å². The third-order valence-corrected chi connectivity index (χ3v) is 5.00. The fourth-order valence-electron chi connectivity index (χ4n) is 2.52. The molecule has 0 fully saturated rings. The SMILES string of the molecule is CCCCC(CC)C(Br)c1ccc2[nH]c(=O)[nH]c2c1. The van der Waals surface area contributed by atoms with Crippen LogP contribution in [0, 0.1) is 5.92 Å². The molecular formula is C15H21BrN2O. The lowest BCUT2D eigenvalue weighted by Crippen LogP contribution is -2.06. The monoisotopic (exact) mass is 324 g/mol. The number of nitrogens with one attached hydrogen (secondary N) is 2. The Labute approximate surface area is 121 Å². The van der Waals surface area contributed by atoms with Gasteiger partial charge >= 0.3 is 5.69 Å². The Balaban J connectivity index is 2.23. The Morgan fingerprint density at radius 3 is 2.63 bits per heavy atom. The first-order chi connectivity index (χ1) is 9.15. The molecule has 1 heterocycles. The van der Waals surface area contributed by atoms with Crippen LogP contribution < -0.4 is 5.69 Å². The lowest BCUT2D eigenvalue weighted by atomic mass is 9.92. The van der Waals surface area contributed by atoms with Crippen LogP contribution in [-0.2, 0) is 0 Å². The van der Waals surface area contributed by atoms with Gasteiger partial charge in [-0.05, 0) is 30.0 Å². The summed E-state index contributed by atoms with van der Waals surface area (Å²) in [4.78, 5) is 17.2. The number of imidazole rings is 1. The highest BCUT2D eigenvalue weighted by atomic mass is 79.9. The number of halogens is 1. The maximum absolute atomic E-state index is 11.3. The number of unbranched alkanes of at least 4 members (excludes halogenated alkanes) is 1. The minimum absolute atomic E-state index is 0.142. The standard InChI is InChI=1S/C15H21BrN2O/c1-3-5-6-10(4-2)14(16)11-7-8-12-13(9-11)18-15(19)17-12/h7-10,14H,3-6H2,1-2H3,(H2,17,18,19). The lowest BCUT2D eigenvalue weighted by Gasteiger charge is -2.21. The summed E-state index contributed by atoms with van der Waals surface area (Å²) < 4.78 is 0. The Kier molecular flexibility index (Phi) is 4.86. The first-order valence-corrected chi connectivity index (χ1v) is 7.93. The van der Waals surface area contributed by atoms with Crippen molar-refractivity contribution in [3.8, 4) is 0 Å². The van der Waals surface area contributed by atoms with E-state index in [1.807, 2.05) is 6.07 Å².